The van der Waals surface area contributed by atoms with Crippen LogP contribution in [-0.2, 0) is 19.3 Å². The van der Waals surface area contributed by atoms with Gasteiger partial charge in [-0.25, -0.2) is 0 Å². The first kappa shape index (κ1) is 23.7. The Balaban J connectivity index is 1.57. The standard InChI is InChI=1S/C31H39NO/c1-2-3-19-29-25-32(21-20-26-13-7-4-8-14-26)30(22-27-15-9-5-10-16-27)24-31(29,33)23-28-17-11-6-12-18-28/h4-18,29-30,33H,2-3,19-25H2,1H3/t29-,30+,31+/m1/s1. The zero-order valence-electron chi connectivity index (χ0n) is 20.1. The molecule has 0 unspecified atom stereocenters. The summed E-state index contributed by atoms with van der Waals surface area (Å²) in [7, 11) is 0. The Bertz CT molecular complexity index is 942. The van der Waals surface area contributed by atoms with Gasteiger partial charge in [0.2, 0.25) is 0 Å². The molecule has 1 fully saturated rings. The van der Waals surface area contributed by atoms with Crippen molar-refractivity contribution in [3.63, 3.8) is 0 Å². The van der Waals surface area contributed by atoms with Gasteiger partial charge in [-0.2, -0.15) is 0 Å². The van der Waals surface area contributed by atoms with E-state index in [0.29, 0.717) is 12.0 Å². The topological polar surface area (TPSA) is 23.5 Å². The van der Waals surface area contributed by atoms with E-state index in [4.69, 9.17) is 0 Å². The summed E-state index contributed by atoms with van der Waals surface area (Å²) in [6.07, 6.45) is 7.09. The fourth-order valence-electron chi connectivity index (χ4n) is 5.56. The van der Waals surface area contributed by atoms with Gasteiger partial charge in [0.15, 0.2) is 0 Å². The van der Waals surface area contributed by atoms with E-state index in [9.17, 15) is 5.11 Å². The summed E-state index contributed by atoms with van der Waals surface area (Å²) in [6, 6.07) is 32.6. The van der Waals surface area contributed by atoms with Gasteiger partial charge in [-0.15, -0.1) is 0 Å². The Morgan fingerprint density at radius 1 is 0.818 bits per heavy atom. The summed E-state index contributed by atoms with van der Waals surface area (Å²) in [5.74, 6) is 0.306. The monoisotopic (exact) mass is 441 g/mol. The first-order valence-corrected chi connectivity index (χ1v) is 12.7. The largest absolute Gasteiger partial charge is 0.389 e. The second-order valence-electron chi connectivity index (χ2n) is 9.88. The zero-order valence-corrected chi connectivity index (χ0v) is 20.1. The SMILES string of the molecule is CCCC[C@@H]1CN(CCc2ccccc2)[C@@H](Cc2ccccc2)C[C@@]1(O)Cc1ccccc1. The van der Waals surface area contributed by atoms with Crippen molar-refractivity contribution < 1.29 is 5.11 Å². The number of hydrogen-bond donors (Lipinski definition) is 1. The molecule has 0 spiro atoms. The van der Waals surface area contributed by atoms with Crippen LogP contribution in [0.3, 0.4) is 0 Å². The molecule has 3 aromatic carbocycles. The molecule has 3 atom stereocenters. The minimum atomic E-state index is -0.654. The van der Waals surface area contributed by atoms with Gasteiger partial charge in [0, 0.05) is 31.5 Å². The number of aliphatic hydroxyl groups is 1. The van der Waals surface area contributed by atoms with E-state index < -0.39 is 5.60 Å². The van der Waals surface area contributed by atoms with Crippen molar-refractivity contribution in [2.75, 3.05) is 13.1 Å². The molecule has 0 aliphatic carbocycles. The van der Waals surface area contributed by atoms with E-state index in [0.717, 1.165) is 45.2 Å². The summed E-state index contributed by atoms with van der Waals surface area (Å²) in [4.78, 5) is 2.68. The van der Waals surface area contributed by atoms with Crippen LogP contribution in [0.1, 0.15) is 49.3 Å². The fraction of sp³-hybridized carbons (Fsp3) is 0.419. The molecule has 1 heterocycles. The van der Waals surface area contributed by atoms with Crippen LogP contribution in [0.2, 0.25) is 0 Å². The van der Waals surface area contributed by atoms with E-state index in [-0.39, 0.29) is 0 Å². The third-order valence-corrected chi connectivity index (χ3v) is 7.42. The molecule has 0 amide bonds. The number of piperidine rings is 1. The van der Waals surface area contributed by atoms with E-state index in [1.54, 1.807) is 0 Å². The van der Waals surface area contributed by atoms with Crippen molar-refractivity contribution >= 4 is 0 Å². The number of rotatable bonds is 10. The predicted octanol–water partition coefficient (Wildman–Crippen LogP) is 6.33. The normalized spacial score (nSPS) is 23.5. The van der Waals surface area contributed by atoms with E-state index in [2.05, 4.69) is 103 Å². The average molecular weight is 442 g/mol. The lowest BCUT2D eigenvalue weighted by molar-refractivity contribution is -0.0965. The molecule has 1 aliphatic heterocycles. The van der Waals surface area contributed by atoms with Crippen molar-refractivity contribution in [1.82, 2.24) is 4.90 Å². The van der Waals surface area contributed by atoms with E-state index >= 15 is 0 Å². The van der Waals surface area contributed by atoms with Gasteiger partial charge in [0.1, 0.15) is 0 Å². The second kappa shape index (κ2) is 11.6. The van der Waals surface area contributed by atoms with Gasteiger partial charge in [0.25, 0.3) is 0 Å². The average Bonchev–Trinajstić information content (AvgIpc) is 2.84. The van der Waals surface area contributed by atoms with E-state index in [1.807, 2.05) is 0 Å². The van der Waals surface area contributed by atoms with Gasteiger partial charge in [-0.1, -0.05) is 111 Å². The van der Waals surface area contributed by atoms with Crippen LogP contribution < -0.4 is 0 Å². The second-order valence-corrected chi connectivity index (χ2v) is 9.88. The van der Waals surface area contributed by atoms with Gasteiger partial charge in [-0.05, 0) is 42.4 Å². The lowest BCUT2D eigenvalue weighted by Gasteiger charge is -2.50. The highest BCUT2D eigenvalue weighted by Crippen LogP contribution is 2.38. The molecule has 2 heteroatoms. The predicted molar refractivity (Wildman–Crippen MR) is 138 cm³/mol. The Morgan fingerprint density at radius 2 is 1.39 bits per heavy atom. The minimum absolute atomic E-state index is 0.306. The number of unbranched alkanes of at least 4 members (excludes halogenated alkanes) is 1. The number of nitrogens with zero attached hydrogens (tertiary/aromatic N) is 1. The smallest absolute Gasteiger partial charge is 0.0743 e. The molecular formula is C31H39NO. The maximum Gasteiger partial charge on any atom is 0.0743 e. The molecule has 174 valence electrons. The highest BCUT2D eigenvalue weighted by atomic mass is 16.3. The number of hydrogen-bond acceptors (Lipinski definition) is 2. The summed E-state index contributed by atoms with van der Waals surface area (Å²) >= 11 is 0. The van der Waals surface area contributed by atoms with Crippen LogP contribution in [0.25, 0.3) is 0 Å². The Morgan fingerprint density at radius 3 is 2.00 bits per heavy atom. The molecule has 1 saturated heterocycles. The van der Waals surface area contributed by atoms with Gasteiger partial charge in [-0.3, -0.25) is 4.90 Å². The molecule has 2 nitrogen and oxygen atoms in total. The molecule has 0 saturated carbocycles. The van der Waals surface area contributed by atoms with Crippen LogP contribution in [0.5, 0.6) is 0 Å². The highest BCUT2D eigenvalue weighted by Gasteiger charge is 2.45. The van der Waals surface area contributed by atoms with Crippen LogP contribution >= 0.6 is 0 Å². The first-order valence-electron chi connectivity index (χ1n) is 12.7. The third-order valence-electron chi connectivity index (χ3n) is 7.42. The van der Waals surface area contributed by atoms with Crippen molar-refractivity contribution in [3.05, 3.63) is 108 Å². The molecule has 33 heavy (non-hydrogen) atoms. The highest BCUT2D eigenvalue weighted by molar-refractivity contribution is 5.21. The van der Waals surface area contributed by atoms with Crippen molar-refractivity contribution in [2.24, 2.45) is 5.92 Å². The summed E-state index contributed by atoms with van der Waals surface area (Å²) in [5, 5.41) is 12.1. The summed E-state index contributed by atoms with van der Waals surface area (Å²) in [5.41, 5.74) is 3.35. The molecule has 3 aromatic rings. The maximum atomic E-state index is 12.1. The zero-order chi connectivity index (χ0) is 22.9. The van der Waals surface area contributed by atoms with Crippen LogP contribution in [-0.4, -0.2) is 34.7 Å². The Kier molecular flexibility index (Phi) is 8.36. The van der Waals surface area contributed by atoms with Crippen molar-refractivity contribution in [3.8, 4) is 0 Å². The lowest BCUT2D eigenvalue weighted by Crippen LogP contribution is -2.58. The van der Waals surface area contributed by atoms with Crippen LogP contribution in [0, 0.1) is 5.92 Å². The molecule has 0 bridgehead atoms. The first-order chi connectivity index (χ1) is 16.2. The van der Waals surface area contributed by atoms with Gasteiger partial charge in [0.05, 0.1) is 5.60 Å². The van der Waals surface area contributed by atoms with Gasteiger partial charge < -0.3 is 5.11 Å². The number of benzene rings is 3. The van der Waals surface area contributed by atoms with E-state index in [1.165, 1.54) is 29.5 Å². The quantitative estimate of drug-likeness (QED) is 0.398. The molecule has 1 aliphatic rings. The number of likely N-dealkylation sites (tertiary alicyclic amines) is 1. The van der Waals surface area contributed by atoms with Crippen LogP contribution in [0.15, 0.2) is 91.0 Å². The van der Waals surface area contributed by atoms with Gasteiger partial charge >= 0.3 is 0 Å². The fourth-order valence-corrected chi connectivity index (χ4v) is 5.56. The maximum absolute atomic E-state index is 12.1. The van der Waals surface area contributed by atoms with Crippen molar-refractivity contribution in [2.45, 2.75) is 63.5 Å². The molecule has 4 rings (SSSR count). The summed E-state index contributed by atoms with van der Waals surface area (Å²) in [6.45, 7) is 4.28. The molecule has 0 radical (unpaired) electrons. The lowest BCUT2D eigenvalue weighted by atomic mass is 9.71. The summed E-state index contributed by atoms with van der Waals surface area (Å²) < 4.78 is 0. The third kappa shape index (κ3) is 6.56. The van der Waals surface area contributed by atoms with Crippen molar-refractivity contribution in [1.29, 1.82) is 0 Å². The molecular weight excluding hydrogens is 402 g/mol. The molecule has 1 N–H and O–H groups in total. The Hall–Kier alpha value is -2.42. The molecule has 0 aromatic heterocycles. The Labute approximate surface area is 200 Å². The van der Waals surface area contributed by atoms with Crippen LogP contribution in [0.4, 0.5) is 0 Å². The minimum Gasteiger partial charge on any atom is -0.389 e.